The summed E-state index contributed by atoms with van der Waals surface area (Å²) in [4.78, 5) is 18.0. The largest absolute Gasteiger partial charge is 0.444 e. The molecule has 0 aliphatic heterocycles. The molecule has 0 saturated carbocycles. The Kier molecular flexibility index (Phi) is 5.76. The maximum Gasteiger partial charge on any atom is 0.410 e. The summed E-state index contributed by atoms with van der Waals surface area (Å²) in [5, 5.41) is 3.03. The molecule has 0 spiro atoms. The van der Waals surface area contributed by atoms with Crippen molar-refractivity contribution in [2.24, 2.45) is 0 Å². The Hall–Kier alpha value is -1.62. The lowest BCUT2D eigenvalue weighted by Gasteiger charge is -2.27. The molecule has 1 N–H and O–H groups in total. The minimum atomic E-state index is -0.487. The van der Waals surface area contributed by atoms with Crippen LogP contribution in [-0.2, 0) is 11.3 Å². The third-order valence-corrected chi connectivity index (χ3v) is 2.36. The first kappa shape index (κ1) is 15.4. The average molecular weight is 265 g/mol. The molecule has 5 nitrogen and oxygen atoms in total. The Morgan fingerprint density at radius 1 is 1.42 bits per heavy atom. The molecule has 0 fully saturated rings. The molecule has 106 valence electrons. The molecule has 0 unspecified atom stereocenters. The summed E-state index contributed by atoms with van der Waals surface area (Å²) >= 11 is 0. The van der Waals surface area contributed by atoms with Gasteiger partial charge in [-0.3, -0.25) is 4.98 Å². The zero-order chi connectivity index (χ0) is 14.3. The van der Waals surface area contributed by atoms with E-state index in [0.717, 1.165) is 5.69 Å². The fourth-order valence-corrected chi connectivity index (χ4v) is 1.50. The molecule has 0 saturated heterocycles. The van der Waals surface area contributed by atoms with Crippen LogP contribution in [0.4, 0.5) is 4.79 Å². The first-order chi connectivity index (χ1) is 8.92. The van der Waals surface area contributed by atoms with Crippen LogP contribution in [0.2, 0.25) is 0 Å². The van der Waals surface area contributed by atoms with Crippen molar-refractivity contribution in [1.82, 2.24) is 15.2 Å². The van der Waals surface area contributed by atoms with E-state index in [1.54, 1.807) is 11.1 Å². The Morgan fingerprint density at radius 3 is 2.68 bits per heavy atom. The van der Waals surface area contributed by atoms with Crippen LogP contribution in [0.15, 0.2) is 24.4 Å². The molecular weight excluding hydrogens is 242 g/mol. The zero-order valence-electron chi connectivity index (χ0n) is 12.1. The van der Waals surface area contributed by atoms with Crippen LogP contribution in [0.25, 0.3) is 0 Å². The third kappa shape index (κ3) is 6.20. The van der Waals surface area contributed by atoms with E-state index < -0.39 is 5.60 Å². The number of pyridine rings is 1. The van der Waals surface area contributed by atoms with Crippen molar-refractivity contribution in [2.75, 3.05) is 20.1 Å². The first-order valence-corrected chi connectivity index (χ1v) is 6.45. The minimum absolute atomic E-state index is 0.312. The van der Waals surface area contributed by atoms with E-state index >= 15 is 0 Å². The van der Waals surface area contributed by atoms with Crippen molar-refractivity contribution in [3.8, 4) is 0 Å². The van der Waals surface area contributed by atoms with Gasteiger partial charge >= 0.3 is 6.09 Å². The number of hydrogen-bond donors (Lipinski definition) is 1. The number of rotatable bonds is 5. The molecule has 0 bridgehead atoms. The van der Waals surface area contributed by atoms with Gasteiger partial charge in [0.05, 0.1) is 12.2 Å². The van der Waals surface area contributed by atoms with Gasteiger partial charge in [-0.1, -0.05) is 6.07 Å². The Balaban J connectivity index is 2.68. The number of ether oxygens (including phenoxy) is 1. The van der Waals surface area contributed by atoms with Gasteiger partial charge in [-0.15, -0.1) is 0 Å². The SMILES string of the molecule is CNCCN(Cc1ccccn1)C(=O)OC(C)(C)C. The number of aromatic nitrogens is 1. The van der Waals surface area contributed by atoms with Gasteiger partial charge in [0, 0.05) is 19.3 Å². The Bertz CT molecular complexity index is 387. The number of nitrogens with one attached hydrogen (secondary N) is 1. The monoisotopic (exact) mass is 265 g/mol. The molecule has 0 radical (unpaired) electrons. The summed E-state index contributed by atoms with van der Waals surface area (Å²) in [5.74, 6) is 0. The van der Waals surface area contributed by atoms with Gasteiger partial charge in [0.2, 0.25) is 0 Å². The van der Waals surface area contributed by atoms with E-state index in [1.807, 2.05) is 46.0 Å². The summed E-state index contributed by atoms with van der Waals surface area (Å²) in [7, 11) is 1.86. The second kappa shape index (κ2) is 7.09. The number of hydrogen-bond acceptors (Lipinski definition) is 4. The van der Waals surface area contributed by atoms with Gasteiger partial charge in [0.1, 0.15) is 5.60 Å². The van der Waals surface area contributed by atoms with Crippen LogP contribution in [0, 0.1) is 0 Å². The van der Waals surface area contributed by atoms with Gasteiger partial charge in [-0.05, 0) is 40.0 Å². The second-order valence-electron chi connectivity index (χ2n) is 5.33. The molecule has 0 atom stereocenters. The highest BCUT2D eigenvalue weighted by molar-refractivity contribution is 5.68. The fourth-order valence-electron chi connectivity index (χ4n) is 1.50. The molecule has 1 rings (SSSR count). The van der Waals surface area contributed by atoms with E-state index in [9.17, 15) is 4.79 Å². The van der Waals surface area contributed by atoms with Crippen LogP contribution in [-0.4, -0.2) is 41.7 Å². The molecule has 1 amide bonds. The minimum Gasteiger partial charge on any atom is -0.444 e. The molecule has 1 aromatic rings. The predicted molar refractivity (Wildman–Crippen MR) is 74.8 cm³/mol. The summed E-state index contributed by atoms with van der Waals surface area (Å²) in [6, 6.07) is 5.67. The van der Waals surface area contributed by atoms with Gasteiger partial charge in [0.25, 0.3) is 0 Å². The quantitative estimate of drug-likeness (QED) is 0.885. The van der Waals surface area contributed by atoms with E-state index in [4.69, 9.17) is 4.74 Å². The fraction of sp³-hybridized carbons (Fsp3) is 0.571. The molecule has 1 heterocycles. The van der Waals surface area contributed by atoms with E-state index in [-0.39, 0.29) is 6.09 Å². The Labute approximate surface area is 115 Å². The van der Waals surface area contributed by atoms with Crippen LogP contribution < -0.4 is 5.32 Å². The highest BCUT2D eigenvalue weighted by Gasteiger charge is 2.22. The third-order valence-electron chi connectivity index (χ3n) is 2.36. The summed E-state index contributed by atoms with van der Waals surface area (Å²) < 4.78 is 5.40. The molecular formula is C14H23N3O2. The molecule has 0 aliphatic rings. The molecule has 0 aromatic carbocycles. The van der Waals surface area contributed by atoms with Crippen molar-refractivity contribution in [3.63, 3.8) is 0 Å². The van der Waals surface area contributed by atoms with Gasteiger partial charge in [0.15, 0.2) is 0 Å². The summed E-state index contributed by atoms with van der Waals surface area (Å²) in [6.45, 7) is 7.34. The van der Waals surface area contributed by atoms with Crippen LogP contribution in [0.1, 0.15) is 26.5 Å². The lowest BCUT2D eigenvalue weighted by atomic mass is 10.2. The lowest BCUT2D eigenvalue weighted by molar-refractivity contribution is 0.0234. The summed E-state index contributed by atoms with van der Waals surface area (Å²) in [5.41, 5.74) is 0.364. The smallest absolute Gasteiger partial charge is 0.410 e. The average Bonchev–Trinajstić information content (AvgIpc) is 2.33. The molecule has 1 aromatic heterocycles. The highest BCUT2D eigenvalue weighted by Crippen LogP contribution is 2.11. The number of likely N-dealkylation sites (N-methyl/N-ethyl adjacent to an activating group) is 1. The topological polar surface area (TPSA) is 54.5 Å². The first-order valence-electron chi connectivity index (χ1n) is 6.45. The Morgan fingerprint density at radius 2 is 2.16 bits per heavy atom. The van der Waals surface area contributed by atoms with Crippen LogP contribution >= 0.6 is 0 Å². The summed E-state index contributed by atoms with van der Waals surface area (Å²) in [6.07, 6.45) is 1.41. The number of amides is 1. The highest BCUT2D eigenvalue weighted by atomic mass is 16.6. The van der Waals surface area contributed by atoms with Gasteiger partial charge in [-0.2, -0.15) is 0 Å². The van der Waals surface area contributed by atoms with E-state index in [1.165, 1.54) is 0 Å². The van der Waals surface area contributed by atoms with Crippen LogP contribution in [0.3, 0.4) is 0 Å². The number of carbonyl (C=O) groups excluding carboxylic acids is 1. The van der Waals surface area contributed by atoms with Crippen molar-refractivity contribution in [1.29, 1.82) is 0 Å². The zero-order valence-corrected chi connectivity index (χ0v) is 12.1. The number of carbonyl (C=O) groups is 1. The van der Waals surface area contributed by atoms with E-state index in [0.29, 0.717) is 19.6 Å². The second-order valence-corrected chi connectivity index (χ2v) is 5.33. The molecule has 19 heavy (non-hydrogen) atoms. The van der Waals surface area contributed by atoms with Crippen molar-refractivity contribution >= 4 is 6.09 Å². The van der Waals surface area contributed by atoms with Gasteiger partial charge < -0.3 is 15.0 Å². The molecule has 5 heteroatoms. The van der Waals surface area contributed by atoms with Crippen molar-refractivity contribution < 1.29 is 9.53 Å². The normalized spacial score (nSPS) is 11.2. The standard InChI is InChI=1S/C14H23N3O2/c1-14(2,3)19-13(18)17(10-9-15-4)11-12-7-5-6-8-16-12/h5-8,15H,9-11H2,1-4H3. The maximum atomic E-state index is 12.1. The number of nitrogens with zero attached hydrogens (tertiary/aromatic N) is 2. The van der Waals surface area contributed by atoms with Crippen molar-refractivity contribution in [3.05, 3.63) is 30.1 Å². The molecule has 0 aliphatic carbocycles. The van der Waals surface area contributed by atoms with Gasteiger partial charge in [-0.25, -0.2) is 4.79 Å². The van der Waals surface area contributed by atoms with Crippen LogP contribution in [0.5, 0.6) is 0 Å². The predicted octanol–water partition coefficient (Wildman–Crippen LogP) is 2.04. The van der Waals surface area contributed by atoms with E-state index in [2.05, 4.69) is 10.3 Å². The van der Waals surface area contributed by atoms with Crippen molar-refractivity contribution in [2.45, 2.75) is 32.9 Å². The maximum absolute atomic E-state index is 12.1. The lowest BCUT2D eigenvalue weighted by Crippen LogP contribution is -2.39.